The van der Waals surface area contributed by atoms with E-state index in [9.17, 15) is 4.79 Å². The fourth-order valence-electron chi connectivity index (χ4n) is 2.13. The number of carbonyl (C=O) groups excluding carboxylic acids is 1. The van der Waals surface area contributed by atoms with Gasteiger partial charge >= 0.3 is 0 Å². The number of ketones is 1. The molecule has 0 N–H and O–H groups in total. The second-order valence-corrected chi connectivity index (χ2v) is 4.18. The standard InChI is InChI=1S/C8H11ClO/c1-8-4-2-3-5(10)6(8)7(8)9/h6-7H,2-4H2,1H3/t6?,7-,8-/m0/s1. The minimum absolute atomic E-state index is 0.155. The van der Waals surface area contributed by atoms with Crippen molar-refractivity contribution in [3.63, 3.8) is 0 Å². The molecule has 2 aliphatic rings. The first-order chi connectivity index (χ1) is 4.66. The van der Waals surface area contributed by atoms with Crippen LogP contribution < -0.4 is 0 Å². The summed E-state index contributed by atoms with van der Waals surface area (Å²) in [5, 5.41) is 0.155. The smallest absolute Gasteiger partial charge is 0.138 e. The molecule has 0 aromatic rings. The number of hydrogen-bond acceptors (Lipinski definition) is 1. The molecule has 0 bridgehead atoms. The van der Waals surface area contributed by atoms with Crippen LogP contribution in [-0.4, -0.2) is 11.2 Å². The molecule has 10 heavy (non-hydrogen) atoms. The molecule has 0 aromatic carbocycles. The highest BCUT2D eigenvalue weighted by atomic mass is 35.5. The van der Waals surface area contributed by atoms with E-state index in [-0.39, 0.29) is 16.7 Å². The lowest BCUT2D eigenvalue weighted by molar-refractivity contribution is -0.122. The van der Waals surface area contributed by atoms with Gasteiger partial charge in [0, 0.05) is 17.7 Å². The Hall–Kier alpha value is -0.0400. The molecule has 3 atom stereocenters. The molecule has 0 radical (unpaired) electrons. The Morgan fingerprint density at radius 1 is 1.70 bits per heavy atom. The maximum Gasteiger partial charge on any atom is 0.138 e. The van der Waals surface area contributed by atoms with Crippen molar-refractivity contribution in [2.45, 2.75) is 31.6 Å². The van der Waals surface area contributed by atoms with Gasteiger partial charge in [0.2, 0.25) is 0 Å². The van der Waals surface area contributed by atoms with E-state index in [2.05, 4.69) is 6.92 Å². The summed E-state index contributed by atoms with van der Waals surface area (Å²) in [6.07, 6.45) is 2.97. The predicted octanol–water partition coefficient (Wildman–Crippen LogP) is 1.98. The van der Waals surface area contributed by atoms with E-state index in [1.165, 1.54) is 0 Å². The van der Waals surface area contributed by atoms with Crippen molar-refractivity contribution in [3.05, 3.63) is 0 Å². The van der Waals surface area contributed by atoms with Crippen molar-refractivity contribution in [2.75, 3.05) is 0 Å². The summed E-state index contributed by atoms with van der Waals surface area (Å²) in [7, 11) is 0. The van der Waals surface area contributed by atoms with Crippen molar-refractivity contribution < 1.29 is 4.79 Å². The molecular formula is C8H11ClO. The molecule has 0 aromatic heterocycles. The second-order valence-electron chi connectivity index (χ2n) is 3.71. The molecule has 2 saturated carbocycles. The zero-order valence-corrected chi connectivity index (χ0v) is 6.82. The van der Waals surface area contributed by atoms with Crippen LogP contribution in [0.3, 0.4) is 0 Å². The number of fused-ring (bicyclic) bond motifs is 1. The fraction of sp³-hybridized carbons (Fsp3) is 0.875. The lowest BCUT2D eigenvalue weighted by atomic mass is 9.89. The first-order valence-electron chi connectivity index (χ1n) is 3.83. The minimum atomic E-state index is 0.155. The number of carbonyl (C=O) groups is 1. The highest BCUT2D eigenvalue weighted by Crippen LogP contribution is 2.62. The summed E-state index contributed by atoms with van der Waals surface area (Å²) in [4.78, 5) is 11.2. The highest BCUT2D eigenvalue weighted by molar-refractivity contribution is 6.26. The van der Waals surface area contributed by atoms with E-state index in [0.29, 0.717) is 5.78 Å². The van der Waals surface area contributed by atoms with Crippen molar-refractivity contribution >= 4 is 17.4 Å². The third-order valence-electron chi connectivity index (χ3n) is 3.01. The number of alkyl halides is 1. The van der Waals surface area contributed by atoms with Crippen LogP contribution in [0.5, 0.6) is 0 Å². The highest BCUT2D eigenvalue weighted by Gasteiger charge is 2.64. The van der Waals surface area contributed by atoms with Crippen LogP contribution in [0.25, 0.3) is 0 Å². The third-order valence-corrected chi connectivity index (χ3v) is 3.76. The van der Waals surface area contributed by atoms with Crippen LogP contribution in [0.2, 0.25) is 0 Å². The van der Waals surface area contributed by atoms with Gasteiger partial charge < -0.3 is 0 Å². The topological polar surface area (TPSA) is 17.1 Å². The Balaban J connectivity index is 2.21. The van der Waals surface area contributed by atoms with Crippen LogP contribution in [0, 0.1) is 11.3 Å². The summed E-state index contributed by atoms with van der Waals surface area (Å²) >= 11 is 5.97. The van der Waals surface area contributed by atoms with E-state index in [4.69, 9.17) is 11.6 Å². The normalized spacial score (nSPS) is 52.4. The lowest BCUT2D eigenvalue weighted by Crippen LogP contribution is -2.13. The molecule has 56 valence electrons. The number of rotatable bonds is 0. The van der Waals surface area contributed by atoms with Gasteiger partial charge in [0.15, 0.2) is 0 Å². The van der Waals surface area contributed by atoms with E-state index < -0.39 is 0 Å². The molecular weight excluding hydrogens is 148 g/mol. The van der Waals surface area contributed by atoms with Crippen LogP contribution in [-0.2, 0) is 4.79 Å². The maximum absolute atomic E-state index is 11.2. The van der Waals surface area contributed by atoms with Gasteiger partial charge in [-0.1, -0.05) is 6.92 Å². The summed E-state index contributed by atoms with van der Waals surface area (Å²) in [5.41, 5.74) is 0.191. The molecule has 0 spiro atoms. The van der Waals surface area contributed by atoms with Gasteiger partial charge in [-0.25, -0.2) is 0 Å². The molecule has 2 fully saturated rings. The first kappa shape index (κ1) is 6.66. The average molecular weight is 159 g/mol. The number of Topliss-reactive ketones (excluding diaryl/α,β-unsaturated/α-hetero) is 1. The lowest BCUT2D eigenvalue weighted by Gasteiger charge is -2.14. The Bertz CT molecular complexity index is 190. The van der Waals surface area contributed by atoms with Crippen molar-refractivity contribution in [1.82, 2.24) is 0 Å². The molecule has 0 heterocycles. The number of halogens is 1. The Morgan fingerprint density at radius 3 is 2.90 bits per heavy atom. The van der Waals surface area contributed by atoms with Gasteiger partial charge in [-0.15, -0.1) is 11.6 Å². The van der Waals surface area contributed by atoms with E-state index in [1.54, 1.807) is 0 Å². The van der Waals surface area contributed by atoms with Crippen LogP contribution >= 0.6 is 11.6 Å². The largest absolute Gasteiger partial charge is 0.299 e. The summed E-state index contributed by atoms with van der Waals surface area (Å²) < 4.78 is 0. The average Bonchev–Trinajstić information content (AvgIpc) is 2.38. The van der Waals surface area contributed by atoms with Crippen molar-refractivity contribution in [3.8, 4) is 0 Å². The van der Waals surface area contributed by atoms with E-state index in [1.807, 2.05) is 0 Å². The van der Waals surface area contributed by atoms with Crippen LogP contribution in [0.4, 0.5) is 0 Å². The third kappa shape index (κ3) is 0.619. The summed E-state index contributed by atoms with van der Waals surface area (Å²) in [5.74, 6) is 0.608. The molecule has 2 aliphatic carbocycles. The molecule has 0 aliphatic heterocycles. The minimum Gasteiger partial charge on any atom is -0.299 e. The summed E-state index contributed by atoms with van der Waals surface area (Å²) in [6, 6.07) is 0. The number of hydrogen-bond donors (Lipinski definition) is 0. The van der Waals surface area contributed by atoms with E-state index >= 15 is 0 Å². The monoisotopic (exact) mass is 158 g/mol. The van der Waals surface area contributed by atoms with Crippen molar-refractivity contribution in [2.24, 2.45) is 11.3 Å². The zero-order chi connectivity index (χ0) is 7.35. The van der Waals surface area contributed by atoms with Crippen LogP contribution in [0.1, 0.15) is 26.2 Å². The quantitative estimate of drug-likeness (QED) is 0.493. The van der Waals surface area contributed by atoms with Gasteiger partial charge in [0.05, 0.1) is 0 Å². The van der Waals surface area contributed by atoms with Gasteiger partial charge in [-0.2, -0.15) is 0 Å². The Labute approximate surface area is 65.7 Å². The van der Waals surface area contributed by atoms with E-state index in [0.717, 1.165) is 19.3 Å². The van der Waals surface area contributed by atoms with Gasteiger partial charge in [-0.05, 0) is 18.3 Å². The molecule has 2 heteroatoms. The van der Waals surface area contributed by atoms with Crippen LogP contribution in [0.15, 0.2) is 0 Å². The van der Waals surface area contributed by atoms with Gasteiger partial charge in [0.25, 0.3) is 0 Å². The van der Waals surface area contributed by atoms with Gasteiger partial charge in [-0.3, -0.25) is 4.79 Å². The molecule has 0 saturated heterocycles. The van der Waals surface area contributed by atoms with Crippen molar-refractivity contribution in [1.29, 1.82) is 0 Å². The maximum atomic E-state index is 11.2. The first-order valence-corrected chi connectivity index (χ1v) is 4.27. The van der Waals surface area contributed by atoms with Gasteiger partial charge in [0.1, 0.15) is 5.78 Å². The Morgan fingerprint density at radius 2 is 2.40 bits per heavy atom. The summed E-state index contributed by atoms with van der Waals surface area (Å²) in [6.45, 7) is 2.13. The fourth-order valence-corrected chi connectivity index (χ4v) is 2.73. The zero-order valence-electron chi connectivity index (χ0n) is 6.06. The molecule has 1 nitrogen and oxygen atoms in total. The Kier molecular flexibility index (Phi) is 1.17. The molecule has 1 unspecified atom stereocenters. The molecule has 0 amide bonds. The second kappa shape index (κ2) is 1.76. The SMILES string of the molecule is C[C@]12CCCC(=O)C1[C@@H]2Cl. The molecule has 2 rings (SSSR count). The predicted molar refractivity (Wildman–Crippen MR) is 40.1 cm³/mol.